The molecule has 2 aromatic carbocycles. The van der Waals surface area contributed by atoms with E-state index in [-0.39, 0.29) is 23.7 Å². The van der Waals surface area contributed by atoms with Gasteiger partial charge >= 0.3 is 0 Å². The Labute approximate surface area is 155 Å². The second-order valence-corrected chi connectivity index (χ2v) is 6.10. The number of phenols is 1. The molecule has 0 saturated heterocycles. The van der Waals surface area contributed by atoms with Crippen molar-refractivity contribution in [2.45, 2.75) is 6.54 Å². The molecule has 134 valence electrons. The largest absolute Gasteiger partial charge is 0.507 e. The van der Waals surface area contributed by atoms with Crippen molar-refractivity contribution in [1.29, 1.82) is 0 Å². The molecule has 0 unspecified atom stereocenters. The van der Waals surface area contributed by atoms with E-state index >= 15 is 0 Å². The lowest BCUT2D eigenvalue weighted by molar-refractivity contribution is 0.103. The van der Waals surface area contributed by atoms with Gasteiger partial charge in [-0.15, -0.1) is 0 Å². The van der Waals surface area contributed by atoms with Gasteiger partial charge in [0.25, 0.3) is 0 Å². The molecule has 0 amide bonds. The molecule has 0 fully saturated rings. The van der Waals surface area contributed by atoms with Crippen molar-refractivity contribution < 1.29 is 15.0 Å². The number of carbonyl (C=O) groups is 1. The molecule has 0 saturated carbocycles. The molecule has 0 bridgehead atoms. The van der Waals surface area contributed by atoms with Crippen LogP contribution in [0.2, 0.25) is 0 Å². The summed E-state index contributed by atoms with van der Waals surface area (Å²) >= 11 is 0. The second kappa shape index (κ2) is 7.01. The fourth-order valence-electron chi connectivity index (χ4n) is 3.06. The zero-order valence-corrected chi connectivity index (χ0v) is 14.4. The minimum atomic E-state index is -0.309. The first-order chi connectivity index (χ1) is 13.2. The molecule has 2 N–H and O–H groups in total. The molecule has 0 aliphatic carbocycles. The number of para-hydroxylation sites is 1. The van der Waals surface area contributed by atoms with Crippen LogP contribution in [0.1, 0.15) is 15.9 Å². The van der Waals surface area contributed by atoms with Crippen molar-refractivity contribution in [2.24, 2.45) is 0 Å². The third-order valence-corrected chi connectivity index (χ3v) is 4.36. The average molecular weight is 359 g/mol. The van der Waals surface area contributed by atoms with Gasteiger partial charge in [0.05, 0.1) is 18.7 Å². The minimum absolute atomic E-state index is 0.0642. The Morgan fingerprint density at radius 2 is 1.78 bits per heavy atom. The van der Waals surface area contributed by atoms with Gasteiger partial charge in [0.2, 0.25) is 0 Å². The Morgan fingerprint density at radius 3 is 2.52 bits per heavy atom. The van der Waals surface area contributed by atoms with Crippen molar-refractivity contribution in [3.05, 3.63) is 78.0 Å². The molecule has 27 heavy (non-hydrogen) atoms. The number of aliphatic hydroxyl groups is 1. The summed E-state index contributed by atoms with van der Waals surface area (Å²) in [6.45, 7) is 0.244. The van der Waals surface area contributed by atoms with Crippen LogP contribution >= 0.6 is 0 Å². The monoisotopic (exact) mass is 359 g/mol. The van der Waals surface area contributed by atoms with Crippen molar-refractivity contribution >= 4 is 16.8 Å². The van der Waals surface area contributed by atoms with E-state index in [4.69, 9.17) is 0 Å². The first-order valence-electron chi connectivity index (χ1n) is 8.54. The van der Waals surface area contributed by atoms with E-state index in [1.54, 1.807) is 28.9 Å². The summed E-state index contributed by atoms with van der Waals surface area (Å²) in [5.41, 5.74) is 2.77. The predicted octanol–water partition coefficient (Wildman–Crippen LogP) is 3.03. The fourth-order valence-corrected chi connectivity index (χ4v) is 3.06. The highest BCUT2D eigenvalue weighted by Gasteiger charge is 2.18. The molecular formula is C21H17N3O3. The van der Waals surface area contributed by atoms with Crippen LogP contribution in [0.5, 0.6) is 5.75 Å². The number of hydrogen-bond donors (Lipinski definition) is 2. The van der Waals surface area contributed by atoms with Crippen LogP contribution in [0.15, 0.2) is 66.9 Å². The fraction of sp³-hybridized carbons (Fsp3) is 0.0952. The lowest BCUT2D eigenvalue weighted by atomic mass is 10.0. The van der Waals surface area contributed by atoms with E-state index in [0.29, 0.717) is 23.4 Å². The summed E-state index contributed by atoms with van der Waals surface area (Å²) in [5.74, 6) is -0.377. The lowest BCUT2D eigenvalue weighted by Gasteiger charge is -2.04. The van der Waals surface area contributed by atoms with Gasteiger partial charge in [-0.1, -0.05) is 42.5 Å². The molecule has 0 aliphatic heterocycles. The lowest BCUT2D eigenvalue weighted by Crippen LogP contribution is -2.06. The summed E-state index contributed by atoms with van der Waals surface area (Å²) in [6, 6.07) is 17.8. The van der Waals surface area contributed by atoms with Crippen LogP contribution in [-0.4, -0.2) is 37.4 Å². The van der Waals surface area contributed by atoms with Gasteiger partial charge in [0, 0.05) is 22.7 Å². The normalized spacial score (nSPS) is 11.0. The van der Waals surface area contributed by atoms with Gasteiger partial charge in [-0.2, -0.15) is 5.10 Å². The molecule has 6 nitrogen and oxygen atoms in total. The Bertz CT molecular complexity index is 1120. The molecular weight excluding hydrogens is 342 g/mol. The van der Waals surface area contributed by atoms with Crippen molar-refractivity contribution in [2.75, 3.05) is 6.61 Å². The van der Waals surface area contributed by atoms with E-state index in [1.165, 1.54) is 12.3 Å². The zero-order valence-electron chi connectivity index (χ0n) is 14.4. The number of aromatic hydroxyl groups is 1. The van der Waals surface area contributed by atoms with Crippen LogP contribution in [-0.2, 0) is 6.54 Å². The maximum absolute atomic E-state index is 12.8. The topological polar surface area (TPSA) is 88.2 Å². The maximum atomic E-state index is 12.8. The van der Waals surface area contributed by atoms with Crippen molar-refractivity contribution in [3.63, 3.8) is 0 Å². The Hall–Kier alpha value is -3.51. The highest BCUT2D eigenvalue weighted by molar-refractivity contribution is 6.12. The molecule has 2 aromatic heterocycles. The summed E-state index contributed by atoms with van der Waals surface area (Å²) in [6.07, 6.45) is 1.47. The van der Waals surface area contributed by atoms with Gasteiger partial charge in [-0.05, 0) is 18.2 Å². The standard InChI is InChI=1S/C21H17N3O3/c25-11-10-24-21-17(19(23-24)14-6-2-1-3-7-14)12-15(13-22-21)20(27)16-8-4-5-9-18(16)26/h1-9,12-13,25-26H,10-11H2. The van der Waals surface area contributed by atoms with Gasteiger partial charge in [-0.3, -0.25) is 4.79 Å². The van der Waals surface area contributed by atoms with Crippen LogP contribution in [0.4, 0.5) is 0 Å². The van der Waals surface area contributed by atoms with Crippen molar-refractivity contribution in [3.8, 4) is 17.0 Å². The predicted molar refractivity (Wildman–Crippen MR) is 102 cm³/mol. The third kappa shape index (κ3) is 3.07. The quantitative estimate of drug-likeness (QED) is 0.535. The van der Waals surface area contributed by atoms with E-state index in [2.05, 4.69) is 10.1 Å². The average Bonchev–Trinajstić information content (AvgIpc) is 3.07. The van der Waals surface area contributed by atoms with Crippen LogP contribution < -0.4 is 0 Å². The molecule has 4 aromatic rings. The number of nitrogens with zero attached hydrogens (tertiary/aromatic N) is 3. The number of aromatic nitrogens is 3. The molecule has 2 heterocycles. The Morgan fingerprint density at radius 1 is 1.04 bits per heavy atom. The number of aliphatic hydroxyl groups excluding tert-OH is 1. The molecule has 6 heteroatoms. The number of carbonyl (C=O) groups excluding carboxylic acids is 1. The summed E-state index contributed by atoms with van der Waals surface area (Å²) in [4.78, 5) is 17.2. The number of phenolic OH excluding ortho intramolecular Hbond substituents is 1. The van der Waals surface area contributed by atoms with E-state index in [9.17, 15) is 15.0 Å². The molecule has 0 radical (unpaired) electrons. The van der Waals surface area contributed by atoms with Crippen molar-refractivity contribution in [1.82, 2.24) is 14.8 Å². The number of fused-ring (bicyclic) bond motifs is 1. The van der Waals surface area contributed by atoms with E-state index in [0.717, 1.165) is 10.9 Å². The number of pyridine rings is 1. The molecule has 4 rings (SSSR count). The first-order valence-corrected chi connectivity index (χ1v) is 8.54. The number of ketones is 1. The third-order valence-electron chi connectivity index (χ3n) is 4.36. The molecule has 0 atom stereocenters. The van der Waals surface area contributed by atoms with Gasteiger partial charge in [-0.25, -0.2) is 9.67 Å². The Balaban J connectivity index is 1.88. The minimum Gasteiger partial charge on any atom is -0.507 e. The van der Waals surface area contributed by atoms with Crippen LogP contribution in [0, 0.1) is 0 Å². The zero-order chi connectivity index (χ0) is 18.8. The molecule has 0 aliphatic rings. The van der Waals surface area contributed by atoms with Gasteiger partial charge < -0.3 is 10.2 Å². The van der Waals surface area contributed by atoms with Gasteiger partial charge in [0.15, 0.2) is 11.4 Å². The highest BCUT2D eigenvalue weighted by atomic mass is 16.3. The number of benzene rings is 2. The van der Waals surface area contributed by atoms with Crippen LogP contribution in [0.3, 0.4) is 0 Å². The summed E-state index contributed by atoms with van der Waals surface area (Å²) < 4.78 is 1.63. The number of rotatable bonds is 5. The maximum Gasteiger partial charge on any atom is 0.198 e. The highest BCUT2D eigenvalue weighted by Crippen LogP contribution is 2.29. The SMILES string of the molecule is O=C(c1cnc2c(c1)c(-c1ccccc1)nn2CCO)c1ccccc1O. The molecule has 0 spiro atoms. The first kappa shape index (κ1) is 16.9. The Kier molecular flexibility index (Phi) is 4.40. The number of hydrogen-bond acceptors (Lipinski definition) is 5. The smallest absolute Gasteiger partial charge is 0.198 e. The second-order valence-electron chi connectivity index (χ2n) is 6.10. The van der Waals surface area contributed by atoms with Gasteiger partial charge in [0.1, 0.15) is 11.4 Å². The van der Waals surface area contributed by atoms with E-state index in [1.807, 2.05) is 30.3 Å². The van der Waals surface area contributed by atoms with Crippen LogP contribution in [0.25, 0.3) is 22.3 Å². The van der Waals surface area contributed by atoms with E-state index < -0.39 is 0 Å². The summed E-state index contributed by atoms with van der Waals surface area (Å²) in [5, 5.41) is 24.6. The summed E-state index contributed by atoms with van der Waals surface area (Å²) in [7, 11) is 0.